The molecule has 0 bridgehead atoms. The molecule has 0 unspecified atom stereocenters. The highest BCUT2D eigenvalue weighted by Gasteiger charge is 2.21. The molecule has 1 aromatic carbocycles. The fraction of sp³-hybridized carbons (Fsp3) is 0.400. The summed E-state index contributed by atoms with van der Waals surface area (Å²) in [5.74, 6) is 0.708. The summed E-state index contributed by atoms with van der Waals surface area (Å²) in [7, 11) is 3.12. The van der Waals surface area contributed by atoms with Crippen molar-refractivity contribution in [1.82, 2.24) is 5.48 Å². The van der Waals surface area contributed by atoms with Crippen LogP contribution in [0.25, 0.3) is 0 Å². The molecule has 0 aliphatic rings. The van der Waals surface area contributed by atoms with Crippen LogP contribution in [0, 0.1) is 0 Å². The zero-order valence-electron chi connectivity index (χ0n) is 16.4. The highest BCUT2D eigenvalue weighted by Crippen LogP contribution is 2.35. The number of methoxy groups -OCH3 is 2. The predicted octanol–water partition coefficient (Wildman–Crippen LogP) is 4.41. The first-order valence-corrected chi connectivity index (χ1v) is 10.4. The third-order valence-corrected chi connectivity index (χ3v) is 5.56. The van der Waals surface area contributed by atoms with Crippen LogP contribution in [0.5, 0.6) is 11.5 Å². The molecule has 0 spiro atoms. The lowest BCUT2D eigenvalue weighted by Crippen LogP contribution is -2.30. The van der Waals surface area contributed by atoms with Crippen LogP contribution < -0.4 is 19.9 Å². The minimum absolute atomic E-state index is 0.0513. The number of amides is 2. The van der Waals surface area contributed by atoms with Crippen molar-refractivity contribution < 1.29 is 24.3 Å². The number of nitrogens with one attached hydrogen (secondary N) is 1. The van der Waals surface area contributed by atoms with E-state index in [1.807, 2.05) is 12.1 Å². The number of rotatable bonds is 11. The Morgan fingerprint density at radius 2 is 1.86 bits per heavy atom. The number of unbranched alkanes of at least 4 members (excludes halogenated alkanes) is 2. The largest absolute Gasteiger partial charge is 0.497 e. The van der Waals surface area contributed by atoms with Gasteiger partial charge in [0.2, 0.25) is 11.8 Å². The number of carbonyl (C=O) groups excluding carboxylic acids is 2. The number of hydrogen-bond donors (Lipinski definition) is 2. The third-order valence-electron chi connectivity index (χ3n) is 4.34. The van der Waals surface area contributed by atoms with Crippen molar-refractivity contribution in [2.75, 3.05) is 19.1 Å². The molecule has 158 valence electrons. The van der Waals surface area contributed by atoms with Gasteiger partial charge in [-0.05, 0) is 37.1 Å². The topological polar surface area (TPSA) is 88.1 Å². The van der Waals surface area contributed by atoms with E-state index < -0.39 is 5.91 Å². The lowest BCUT2D eigenvalue weighted by molar-refractivity contribution is -0.129. The zero-order valence-corrected chi connectivity index (χ0v) is 18.0. The molecule has 0 atom stereocenters. The van der Waals surface area contributed by atoms with E-state index in [1.165, 1.54) is 11.3 Å². The molecule has 0 radical (unpaired) electrons. The molecule has 1 heterocycles. The number of thiophene rings is 1. The Balaban J connectivity index is 2.13. The van der Waals surface area contributed by atoms with Crippen LogP contribution in [-0.4, -0.2) is 31.2 Å². The van der Waals surface area contributed by atoms with E-state index in [4.69, 9.17) is 26.3 Å². The van der Waals surface area contributed by atoms with E-state index in [0.717, 1.165) is 4.88 Å². The Bertz CT molecular complexity index is 827. The average Bonchev–Trinajstić information content (AvgIpc) is 3.15. The maximum atomic E-state index is 13.0. The molecule has 9 heteroatoms. The Kier molecular flexibility index (Phi) is 9.24. The van der Waals surface area contributed by atoms with Gasteiger partial charge in [0.25, 0.3) is 0 Å². The number of carbonyl (C=O) groups is 2. The molecular weight excluding hydrogens is 416 g/mol. The maximum absolute atomic E-state index is 13.0. The third kappa shape index (κ3) is 6.92. The molecule has 2 amide bonds. The van der Waals surface area contributed by atoms with Crippen LogP contribution in [-0.2, 0) is 16.1 Å². The number of hydroxylamine groups is 1. The summed E-state index contributed by atoms with van der Waals surface area (Å²) in [6.07, 6.45) is 2.50. The van der Waals surface area contributed by atoms with Crippen LogP contribution in [0.1, 0.15) is 37.0 Å². The molecule has 0 aliphatic heterocycles. The number of halogens is 1. The normalized spacial score (nSPS) is 10.5. The molecule has 0 fully saturated rings. The van der Waals surface area contributed by atoms with Gasteiger partial charge in [0.1, 0.15) is 11.5 Å². The van der Waals surface area contributed by atoms with Crippen molar-refractivity contribution in [1.29, 1.82) is 0 Å². The number of anilines is 1. The zero-order chi connectivity index (χ0) is 21.2. The van der Waals surface area contributed by atoms with Gasteiger partial charge in [-0.1, -0.05) is 18.0 Å². The Morgan fingerprint density at radius 3 is 2.48 bits per heavy atom. The van der Waals surface area contributed by atoms with Gasteiger partial charge in [-0.25, -0.2) is 5.48 Å². The van der Waals surface area contributed by atoms with Crippen molar-refractivity contribution in [3.8, 4) is 11.5 Å². The van der Waals surface area contributed by atoms with Crippen LogP contribution >= 0.6 is 22.9 Å². The van der Waals surface area contributed by atoms with Crippen LogP contribution in [0.4, 0.5) is 5.69 Å². The van der Waals surface area contributed by atoms with Crippen LogP contribution in [0.15, 0.2) is 30.3 Å². The summed E-state index contributed by atoms with van der Waals surface area (Å²) in [5.41, 5.74) is 2.26. The predicted molar refractivity (Wildman–Crippen MR) is 113 cm³/mol. The monoisotopic (exact) mass is 440 g/mol. The number of ether oxygens (including phenoxy) is 2. The molecule has 2 rings (SSSR count). The fourth-order valence-corrected chi connectivity index (χ4v) is 3.91. The van der Waals surface area contributed by atoms with Crippen molar-refractivity contribution in [3.63, 3.8) is 0 Å². The van der Waals surface area contributed by atoms with Crippen LogP contribution in [0.3, 0.4) is 0 Å². The Morgan fingerprint density at radius 1 is 1.10 bits per heavy atom. The highest BCUT2D eigenvalue weighted by atomic mass is 35.5. The number of hydrogen-bond acceptors (Lipinski definition) is 6. The summed E-state index contributed by atoms with van der Waals surface area (Å²) in [6, 6.07) is 9.03. The van der Waals surface area contributed by atoms with E-state index in [0.29, 0.717) is 53.8 Å². The quantitative estimate of drug-likeness (QED) is 0.307. The van der Waals surface area contributed by atoms with Gasteiger partial charge >= 0.3 is 0 Å². The molecule has 0 saturated heterocycles. The molecule has 7 nitrogen and oxygen atoms in total. The van der Waals surface area contributed by atoms with Gasteiger partial charge in [0, 0.05) is 23.8 Å². The minimum Gasteiger partial charge on any atom is -0.497 e. The van der Waals surface area contributed by atoms with Crippen molar-refractivity contribution >= 4 is 40.4 Å². The second-order valence-corrected chi connectivity index (χ2v) is 8.12. The maximum Gasteiger partial charge on any atom is 0.243 e. The molecule has 0 aliphatic carbocycles. The Labute approximate surface area is 179 Å². The van der Waals surface area contributed by atoms with Crippen LogP contribution in [0.2, 0.25) is 4.34 Å². The van der Waals surface area contributed by atoms with Gasteiger partial charge in [-0.3, -0.25) is 14.8 Å². The fourth-order valence-electron chi connectivity index (χ4n) is 2.84. The first kappa shape index (κ1) is 23.0. The standard InChI is InChI=1S/C20H25ClN2O5S/c1-27-14-8-10-16(17(12-14)28-2)23(13-15-9-11-18(21)29-15)20(25)7-5-3-4-6-19(24)22-26/h8-12,26H,3-7,13H2,1-2H3,(H,22,24). The molecular formula is C20H25ClN2O5S. The van der Waals surface area contributed by atoms with E-state index in [9.17, 15) is 9.59 Å². The van der Waals surface area contributed by atoms with Gasteiger partial charge < -0.3 is 14.4 Å². The summed E-state index contributed by atoms with van der Waals surface area (Å²) in [6.45, 7) is 0.381. The summed E-state index contributed by atoms with van der Waals surface area (Å²) in [4.78, 5) is 26.7. The SMILES string of the molecule is COc1ccc(N(Cc2ccc(Cl)s2)C(=O)CCCCCC(=O)NO)c(OC)c1. The molecule has 2 N–H and O–H groups in total. The first-order chi connectivity index (χ1) is 14.0. The second kappa shape index (κ2) is 11.6. The smallest absolute Gasteiger partial charge is 0.243 e. The van der Waals surface area contributed by atoms with Gasteiger partial charge in [-0.15, -0.1) is 11.3 Å². The van der Waals surface area contributed by atoms with Gasteiger partial charge in [-0.2, -0.15) is 0 Å². The Hall–Kier alpha value is -2.29. The van der Waals surface area contributed by atoms with Crippen molar-refractivity contribution in [2.24, 2.45) is 0 Å². The summed E-state index contributed by atoms with van der Waals surface area (Å²) >= 11 is 7.47. The molecule has 1 aromatic heterocycles. The molecule has 2 aromatic rings. The lowest BCUT2D eigenvalue weighted by Gasteiger charge is -2.24. The molecule has 29 heavy (non-hydrogen) atoms. The van der Waals surface area contributed by atoms with Crippen molar-refractivity contribution in [2.45, 2.75) is 38.6 Å². The van der Waals surface area contributed by atoms with Crippen molar-refractivity contribution in [3.05, 3.63) is 39.5 Å². The van der Waals surface area contributed by atoms with E-state index in [1.54, 1.807) is 42.8 Å². The summed E-state index contributed by atoms with van der Waals surface area (Å²) in [5, 5.41) is 8.52. The highest BCUT2D eigenvalue weighted by molar-refractivity contribution is 7.16. The van der Waals surface area contributed by atoms with E-state index >= 15 is 0 Å². The first-order valence-electron chi connectivity index (χ1n) is 9.18. The molecule has 0 saturated carbocycles. The van der Waals surface area contributed by atoms with Gasteiger partial charge in [0.15, 0.2) is 0 Å². The van der Waals surface area contributed by atoms with Gasteiger partial charge in [0.05, 0.1) is 30.8 Å². The van der Waals surface area contributed by atoms with E-state index in [-0.39, 0.29) is 12.3 Å². The lowest BCUT2D eigenvalue weighted by atomic mass is 10.1. The number of benzene rings is 1. The minimum atomic E-state index is -0.421. The summed E-state index contributed by atoms with van der Waals surface area (Å²) < 4.78 is 11.4. The second-order valence-electron chi connectivity index (χ2n) is 6.32. The number of nitrogens with zero attached hydrogens (tertiary/aromatic N) is 1. The van der Waals surface area contributed by atoms with E-state index in [2.05, 4.69) is 0 Å². The average molecular weight is 441 g/mol.